The third kappa shape index (κ3) is 3.71. The van der Waals surface area contributed by atoms with Gasteiger partial charge in [-0.25, -0.2) is 4.79 Å². The van der Waals surface area contributed by atoms with E-state index < -0.39 is 11.4 Å². The van der Waals surface area contributed by atoms with E-state index in [0.717, 1.165) is 33.4 Å². The number of anilines is 1. The van der Waals surface area contributed by atoms with Gasteiger partial charge in [-0.1, -0.05) is 48.0 Å². The monoisotopic (exact) mass is 524 g/mol. The molecular weight excluding hydrogens is 500 g/mol. The lowest BCUT2D eigenvalue weighted by atomic mass is 9.89. The van der Waals surface area contributed by atoms with E-state index in [2.05, 4.69) is 4.98 Å². The van der Waals surface area contributed by atoms with Gasteiger partial charge in [0.05, 0.1) is 22.6 Å². The first-order valence-electron chi connectivity index (χ1n) is 12.5. The van der Waals surface area contributed by atoms with Crippen molar-refractivity contribution in [3.63, 3.8) is 0 Å². The predicted molar refractivity (Wildman–Crippen MR) is 147 cm³/mol. The van der Waals surface area contributed by atoms with Gasteiger partial charge in [0.25, 0.3) is 0 Å². The van der Waals surface area contributed by atoms with Crippen LogP contribution in [0.25, 0.3) is 22.3 Å². The second kappa shape index (κ2) is 9.08. The Hall–Kier alpha value is -4.00. The number of aliphatic hydroxyl groups is 1. The molecule has 4 aromatic rings. The maximum atomic E-state index is 13.8. The molecule has 1 fully saturated rings. The zero-order chi connectivity index (χ0) is 26.6. The number of carboxylic acids is 1. The number of benzene rings is 3. The van der Waals surface area contributed by atoms with E-state index >= 15 is 0 Å². The van der Waals surface area contributed by atoms with Crippen molar-refractivity contribution in [2.45, 2.75) is 24.7 Å². The van der Waals surface area contributed by atoms with Crippen LogP contribution in [0.2, 0.25) is 5.02 Å². The quantitative estimate of drug-likeness (QED) is 0.331. The molecule has 1 aromatic heterocycles. The molecule has 2 unspecified atom stereocenters. The van der Waals surface area contributed by atoms with Crippen molar-refractivity contribution in [2.75, 3.05) is 18.1 Å². The minimum Gasteiger partial charge on any atom is -0.478 e. The van der Waals surface area contributed by atoms with Crippen LogP contribution in [0.3, 0.4) is 0 Å². The molecule has 6 rings (SSSR count). The number of β-amino-alcohol motifs (C(OH)–C–C–N with tert-alkyl or cyclic N) is 1. The Morgan fingerprint density at radius 3 is 2.39 bits per heavy atom. The third-order valence-corrected chi connectivity index (χ3v) is 8.18. The molecule has 0 saturated heterocycles. The fourth-order valence-corrected chi connectivity index (χ4v) is 6.09. The molecule has 2 aliphatic rings. The average Bonchev–Trinajstić information content (AvgIpc) is 3.64. The van der Waals surface area contributed by atoms with Crippen LogP contribution in [0.5, 0.6) is 0 Å². The molecular formula is C31H25ClN2O4. The van der Waals surface area contributed by atoms with Gasteiger partial charge in [0, 0.05) is 36.1 Å². The number of rotatable bonds is 6. The molecule has 38 heavy (non-hydrogen) atoms. The lowest BCUT2D eigenvalue weighted by molar-refractivity contribution is -0.120. The fraction of sp³-hybridized carbons (Fsp3) is 0.194. The Labute approximate surface area is 225 Å². The lowest BCUT2D eigenvalue weighted by Crippen LogP contribution is -2.35. The molecule has 2 N–H and O–H groups in total. The van der Waals surface area contributed by atoms with E-state index in [9.17, 15) is 19.8 Å². The topological polar surface area (TPSA) is 90.7 Å². The first-order valence-corrected chi connectivity index (χ1v) is 12.8. The number of hydrogen-bond donors (Lipinski definition) is 2. The summed E-state index contributed by atoms with van der Waals surface area (Å²) in [6, 6.07) is 21.2. The van der Waals surface area contributed by atoms with Crippen LogP contribution in [0.1, 0.15) is 39.4 Å². The van der Waals surface area contributed by atoms with Gasteiger partial charge in [0.2, 0.25) is 5.91 Å². The van der Waals surface area contributed by atoms with E-state index in [-0.39, 0.29) is 30.5 Å². The number of carboxylic acid groups (broad SMARTS) is 1. The summed E-state index contributed by atoms with van der Waals surface area (Å²) >= 11 is 6.78. The molecule has 190 valence electrons. The van der Waals surface area contributed by atoms with Gasteiger partial charge in [-0.15, -0.1) is 0 Å². The summed E-state index contributed by atoms with van der Waals surface area (Å²) < 4.78 is 0. The van der Waals surface area contributed by atoms with Crippen LogP contribution < -0.4 is 4.90 Å². The summed E-state index contributed by atoms with van der Waals surface area (Å²) in [5.41, 5.74) is 6.41. The molecule has 2 atom stereocenters. The third-order valence-electron chi connectivity index (χ3n) is 7.87. The largest absolute Gasteiger partial charge is 0.478 e. The Kier molecular flexibility index (Phi) is 5.82. The van der Waals surface area contributed by atoms with Gasteiger partial charge >= 0.3 is 5.97 Å². The van der Waals surface area contributed by atoms with Crippen molar-refractivity contribution >= 4 is 29.2 Å². The van der Waals surface area contributed by atoms with Crippen molar-refractivity contribution in [1.29, 1.82) is 0 Å². The Balaban J connectivity index is 1.43. The number of amides is 1. The zero-order valence-electron chi connectivity index (χ0n) is 20.7. The molecule has 1 amide bonds. The summed E-state index contributed by atoms with van der Waals surface area (Å²) in [6.45, 7) is 1.77. The predicted octanol–water partition coefficient (Wildman–Crippen LogP) is 5.84. The number of aryl methyl sites for hydroxylation is 1. The fourth-order valence-electron chi connectivity index (χ4n) is 5.82. The van der Waals surface area contributed by atoms with E-state index in [1.165, 1.54) is 0 Å². The van der Waals surface area contributed by atoms with Crippen LogP contribution in [0.4, 0.5) is 5.69 Å². The second-order valence-electron chi connectivity index (χ2n) is 9.95. The van der Waals surface area contributed by atoms with Crippen molar-refractivity contribution in [1.82, 2.24) is 4.98 Å². The smallest absolute Gasteiger partial charge is 0.335 e. The highest BCUT2D eigenvalue weighted by Crippen LogP contribution is 2.67. The first-order chi connectivity index (χ1) is 18.3. The zero-order valence-corrected chi connectivity index (χ0v) is 21.4. The molecule has 1 saturated carbocycles. The standard InChI is InChI=1S/C31H25ClN2O4/c1-18-2-3-22(14-23(18)29(36)37)26-17-31(26)25-15-24(27(32)16-28(25)34(12-13-35)30(31)38)21-6-4-19(5-7-21)20-8-10-33-11-9-20/h2-11,14-16,26,35H,12-13,17H2,1H3,(H,36,37). The summed E-state index contributed by atoms with van der Waals surface area (Å²) in [5.74, 6) is -1.21. The second-order valence-corrected chi connectivity index (χ2v) is 10.4. The van der Waals surface area contributed by atoms with E-state index in [1.54, 1.807) is 36.4 Å². The van der Waals surface area contributed by atoms with Gasteiger partial charge in [-0.3, -0.25) is 9.78 Å². The minimum absolute atomic E-state index is 0.0785. The van der Waals surface area contributed by atoms with Crippen molar-refractivity contribution in [3.05, 3.63) is 106 Å². The normalized spacial score (nSPS) is 19.6. The molecule has 1 aliphatic carbocycles. The van der Waals surface area contributed by atoms with Crippen molar-refractivity contribution in [2.24, 2.45) is 0 Å². The van der Waals surface area contributed by atoms with Crippen LogP contribution in [-0.4, -0.2) is 40.2 Å². The number of pyridine rings is 1. The van der Waals surface area contributed by atoms with Gasteiger partial charge in [0.1, 0.15) is 0 Å². The van der Waals surface area contributed by atoms with E-state index in [0.29, 0.717) is 22.7 Å². The number of aromatic carboxylic acids is 1. The highest BCUT2D eigenvalue weighted by Gasteiger charge is 2.67. The minimum atomic E-state index is -0.983. The molecule has 0 radical (unpaired) electrons. The highest BCUT2D eigenvalue weighted by atomic mass is 35.5. The van der Waals surface area contributed by atoms with Gasteiger partial charge in [-0.2, -0.15) is 0 Å². The van der Waals surface area contributed by atoms with Gasteiger partial charge in [0.15, 0.2) is 0 Å². The number of hydrogen-bond acceptors (Lipinski definition) is 4. The first kappa shape index (κ1) is 24.3. The molecule has 1 aliphatic heterocycles. The molecule has 2 heterocycles. The number of carbonyl (C=O) groups excluding carboxylic acids is 1. The van der Waals surface area contributed by atoms with Crippen LogP contribution in [-0.2, 0) is 10.2 Å². The number of nitrogens with zero attached hydrogens (tertiary/aromatic N) is 2. The summed E-state index contributed by atoms with van der Waals surface area (Å²) in [7, 11) is 0. The van der Waals surface area contributed by atoms with Crippen molar-refractivity contribution in [3.8, 4) is 22.3 Å². The number of halogens is 1. The van der Waals surface area contributed by atoms with Crippen LogP contribution >= 0.6 is 11.6 Å². The molecule has 3 aromatic carbocycles. The molecule has 1 spiro atoms. The maximum Gasteiger partial charge on any atom is 0.335 e. The van der Waals surface area contributed by atoms with E-state index in [4.69, 9.17) is 11.6 Å². The Morgan fingerprint density at radius 1 is 1.03 bits per heavy atom. The van der Waals surface area contributed by atoms with Gasteiger partial charge < -0.3 is 15.1 Å². The number of carbonyl (C=O) groups is 2. The molecule has 0 bridgehead atoms. The van der Waals surface area contributed by atoms with E-state index in [1.807, 2.05) is 54.6 Å². The summed E-state index contributed by atoms with van der Waals surface area (Å²) in [6.07, 6.45) is 4.09. The van der Waals surface area contributed by atoms with Crippen molar-refractivity contribution < 1.29 is 19.8 Å². The lowest BCUT2D eigenvalue weighted by Gasteiger charge is -2.17. The Bertz CT molecular complexity index is 1590. The van der Waals surface area contributed by atoms with Gasteiger partial charge in [-0.05, 0) is 77.1 Å². The van der Waals surface area contributed by atoms with Crippen LogP contribution in [0, 0.1) is 6.92 Å². The molecule has 6 nitrogen and oxygen atoms in total. The Morgan fingerprint density at radius 2 is 1.71 bits per heavy atom. The summed E-state index contributed by atoms with van der Waals surface area (Å²) in [5, 5.41) is 19.9. The number of fused-ring (bicyclic) bond motifs is 2. The van der Waals surface area contributed by atoms with Crippen LogP contribution in [0.15, 0.2) is 79.1 Å². The number of aliphatic hydroxyl groups excluding tert-OH is 1. The molecule has 7 heteroatoms. The number of aromatic nitrogens is 1. The highest BCUT2D eigenvalue weighted by molar-refractivity contribution is 6.34. The maximum absolute atomic E-state index is 13.8. The average molecular weight is 525 g/mol. The summed E-state index contributed by atoms with van der Waals surface area (Å²) in [4.78, 5) is 31.3. The SMILES string of the molecule is Cc1ccc(C2CC23C(=O)N(CCO)c2cc(Cl)c(-c4ccc(-c5ccncc5)cc4)cc23)cc1C(=O)O.